The first kappa shape index (κ1) is 48.6. The zero-order valence-corrected chi connectivity index (χ0v) is 39.9. The van der Waals surface area contributed by atoms with Gasteiger partial charge in [-0.15, -0.1) is 11.3 Å². The molecule has 0 spiro atoms. The van der Waals surface area contributed by atoms with Crippen molar-refractivity contribution in [2.45, 2.75) is 78.7 Å². The number of carbonyl (C=O) groups is 5. The number of ether oxygens (including phenoxy) is 1. The van der Waals surface area contributed by atoms with Crippen molar-refractivity contribution in [1.82, 2.24) is 40.9 Å². The van der Waals surface area contributed by atoms with Crippen molar-refractivity contribution in [2.75, 3.05) is 13.1 Å². The van der Waals surface area contributed by atoms with Gasteiger partial charge < -0.3 is 30.9 Å². The summed E-state index contributed by atoms with van der Waals surface area (Å²) in [7, 11) is 0. The number of aryl methyl sites for hydroxylation is 1. The van der Waals surface area contributed by atoms with Crippen LogP contribution in [0.2, 0.25) is 5.02 Å². The van der Waals surface area contributed by atoms with E-state index in [1.54, 1.807) is 87.6 Å². The lowest BCUT2D eigenvalue weighted by Crippen LogP contribution is -2.58. The van der Waals surface area contributed by atoms with Crippen LogP contribution in [0.5, 0.6) is 11.5 Å². The lowest BCUT2D eigenvalue weighted by atomic mass is 9.85. The summed E-state index contributed by atoms with van der Waals surface area (Å²) in [5.41, 5.74) is 6.67. The molecule has 1 saturated heterocycles. The number of likely N-dealkylation sites (tertiary alicyclic amines) is 1. The molecule has 68 heavy (non-hydrogen) atoms. The molecule has 6 aromatic rings. The van der Waals surface area contributed by atoms with E-state index in [0.717, 1.165) is 27.3 Å². The van der Waals surface area contributed by atoms with Crippen LogP contribution in [0.15, 0.2) is 109 Å². The molecule has 15 nitrogen and oxygen atoms in total. The number of hydrogen-bond acceptors (Lipinski definition) is 10. The first-order valence-corrected chi connectivity index (χ1v) is 23.4. The monoisotopic (exact) mass is 953 g/mol. The minimum atomic E-state index is -0.947. The Morgan fingerprint density at radius 2 is 1.54 bits per heavy atom. The summed E-state index contributed by atoms with van der Waals surface area (Å²) in [5, 5.41) is 25.5. The molecule has 17 heteroatoms. The van der Waals surface area contributed by atoms with Crippen LogP contribution in [0.1, 0.15) is 78.1 Å². The van der Waals surface area contributed by atoms with Gasteiger partial charge in [0.25, 0.3) is 11.8 Å². The number of nitriles is 1. The largest absolute Gasteiger partial charge is 0.457 e. The maximum absolute atomic E-state index is 14.0. The van der Waals surface area contributed by atoms with Crippen molar-refractivity contribution in [2.24, 2.45) is 5.41 Å². The summed E-state index contributed by atoms with van der Waals surface area (Å²) in [6.45, 7) is 10.1. The van der Waals surface area contributed by atoms with E-state index in [1.165, 1.54) is 0 Å². The SMILES string of the molecule is Cc1ncsc1-c1ccc(CNC(=O)[C@@H]2CCCN2C(=O)[C@@H](NC(=O)CNC(=O)c2ccc(Oc3ccc(C(=O)N[C@@H](C)Cn4ccc(-c5ccc(C#N)c(Cl)c5)n4)cc3)cc2)C(C)(C)C)cc1. The molecule has 350 valence electrons. The zero-order valence-electron chi connectivity index (χ0n) is 38.3. The lowest BCUT2D eigenvalue weighted by molar-refractivity contribution is -0.143. The fraction of sp³-hybridized carbons (Fsp3) is 0.294. The minimum absolute atomic E-state index is 0.249. The van der Waals surface area contributed by atoms with E-state index in [0.29, 0.717) is 65.8 Å². The molecule has 0 radical (unpaired) electrons. The van der Waals surface area contributed by atoms with Gasteiger partial charge in [0, 0.05) is 42.0 Å². The molecule has 4 aromatic carbocycles. The van der Waals surface area contributed by atoms with E-state index < -0.39 is 29.3 Å². The predicted molar refractivity (Wildman–Crippen MR) is 260 cm³/mol. The first-order chi connectivity index (χ1) is 32.6. The van der Waals surface area contributed by atoms with E-state index in [1.807, 2.05) is 82.7 Å². The molecule has 0 unspecified atom stereocenters. The number of halogens is 1. The molecule has 0 aliphatic carbocycles. The van der Waals surface area contributed by atoms with E-state index in [4.69, 9.17) is 21.6 Å². The van der Waals surface area contributed by atoms with Gasteiger partial charge in [0.05, 0.1) is 45.5 Å². The maximum Gasteiger partial charge on any atom is 0.251 e. The smallest absolute Gasteiger partial charge is 0.251 e. The second-order valence-electron chi connectivity index (χ2n) is 17.7. The average molecular weight is 955 g/mol. The molecule has 1 fully saturated rings. The van der Waals surface area contributed by atoms with Gasteiger partial charge in [-0.05, 0) is 110 Å². The number of benzene rings is 4. The summed E-state index contributed by atoms with van der Waals surface area (Å²) >= 11 is 7.77. The van der Waals surface area contributed by atoms with Gasteiger partial charge >= 0.3 is 0 Å². The molecule has 5 amide bonds. The van der Waals surface area contributed by atoms with Gasteiger partial charge in [0.1, 0.15) is 29.7 Å². The fourth-order valence-electron chi connectivity index (χ4n) is 7.75. The molecule has 3 heterocycles. The van der Waals surface area contributed by atoms with Crippen LogP contribution in [0.25, 0.3) is 21.7 Å². The maximum atomic E-state index is 14.0. The van der Waals surface area contributed by atoms with Crippen LogP contribution in [0, 0.1) is 23.7 Å². The number of carbonyl (C=O) groups excluding carboxylic acids is 5. The van der Waals surface area contributed by atoms with Gasteiger partial charge in [0.2, 0.25) is 17.7 Å². The predicted octanol–water partition coefficient (Wildman–Crippen LogP) is 7.69. The minimum Gasteiger partial charge on any atom is -0.457 e. The summed E-state index contributed by atoms with van der Waals surface area (Å²) < 4.78 is 7.68. The van der Waals surface area contributed by atoms with Crippen LogP contribution in [0.3, 0.4) is 0 Å². The molecule has 0 bridgehead atoms. The molecular weight excluding hydrogens is 902 g/mol. The highest BCUT2D eigenvalue weighted by Gasteiger charge is 2.42. The standard InChI is InChI=1S/C51H52ClN9O6S/c1-31(29-60-24-22-42(59-60)37-12-13-38(26-53)41(52)25-37)57-48(64)36-16-20-40(21-17-36)67-39-18-14-35(15-19-39)47(63)55-28-44(62)58-46(51(3,4)5)50(66)61-23-6-7-43(61)49(65)54-27-33-8-10-34(11-9-33)45-32(2)56-30-68-45/h8-22,24-25,30-31,43,46H,6-7,23,27-29H2,1-5H3,(H,54,65)(H,55,63)(H,57,64)(H,58,62)/t31-,43-,46+/m0/s1. The van der Waals surface area contributed by atoms with Crippen molar-refractivity contribution in [3.63, 3.8) is 0 Å². The number of aromatic nitrogens is 3. The molecular formula is C51H52ClN9O6S. The molecule has 1 aliphatic rings. The summed E-state index contributed by atoms with van der Waals surface area (Å²) in [5.74, 6) is -0.994. The van der Waals surface area contributed by atoms with Crippen LogP contribution in [-0.4, -0.2) is 80.4 Å². The van der Waals surface area contributed by atoms with E-state index in [2.05, 4.69) is 31.3 Å². The number of thiazole rings is 1. The number of nitrogens with one attached hydrogen (secondary N) is 4. The highest BCUT2D eigenvalue weighted by Crippen LogP contribution is 2.29. The summed E-state index contributed by atoms with van der Waals surface area (Å²) in [4.78, 5) is 73.7. The highest BCUT2D eigenvalue weighted by molar-refractivity contribution is 7.13. The van der Waals surface area contributed by atoms with E-state index >= 15 is 0 Å². The first-order valence-electron chi connectivity index (χ1n) is 22.1. The molecule has 3 atom stereocenters. The van der Waals surface area contributed by atoms with Crippen molar-refractivity contribution in [1.29, 1.82) is 5.26 Å². The Morgan fingerprint density at radius 1 is 0.882 bits per heavy atom. The summed E-state index contributed by atoms with van der Waals surface area (Å²) in [6.07, 6.45) is 2.97. The Balaban J connectivity index is 0.850. The van der Waals surface area contributed by atoms with E-state index in [9.17, 15) is 24.0 Å². The Hall–Kier alpha value is -7.35. The Morgan fingerprint density at radius 3 is 2.16 bits per heavy atom. The van der Waals surface area contributed by atoms with Crippen LogP contribution >= 0.6 is 22.9 Å². The Kier molecular flexibility index (Phi) is 15.4. The molecule has 4 N–H and O–H groups in total. The second-order valence-corrected chi connectivity index (χ2v) is 18.9. The van der Waals surface area contributed by atoms with Crippen molar-refractivity contribution < 1.29 is 28.7 Å². The number of nitrogens with zero attached hydrogens (tertiary/aromatic N) is 5. The third-order valence-electron chi connectivity index (χ3n) is 11.4. The van der Waals surface area contributed by atoms with Crippen molar-refractivity contribution in [3.8, 4) is 39.3 Å². The zero-order chi connectivity index (χ0) is 48.5. The van der Waals surface area contributed by atoms with Crippen LogP contribution < -0.4 is 26.0 Å². The van der Waals surface area contributed by atoms with Crippen LogP contribution in [-0.2, 0) is 27.5 Å². The normalized spacial score (nSPS) is 14.3. The van der Waals surface area contributed by atoms with Gasteiger partial charge in [-0.1, -0.05) is 62.7 Å². The Labute approximate surface area is 403 Å². The molecule has 1 aliphatic heterocycles. The number of hydrogen-bond donors (Lipinski definition) is 4. The second kappa shape index (κ2) is 21.5. The number of rotatable bonds is 16. The topological polar surface area (TPSA) is 200 Å². The average Bonchev–Trinajstić information content (AvgIpc) is 4.11. The van der Waals surface area contributed by atoms with Gasteiger partial charge in [-0.25, -0.2) is 4.98 Å². The van der Waals surface area contributed by atoms with Gasteiger partial charge in [0.15, 0.2) is 0 Å². The molecule has 2 aromatic heterocycles. The van der Waals surface area contributed by atoms with Crippen molar-refractivity contribution in [3.05, 3.63) is 142 Å². The van der Waals surface area contributed by atoms with Crippen molar-refractivity contribution >= 4 is 52.5 Å². The van der Waals surface area contributed by atoms with Gasteiger partial charge in [-0.3, -0.25) is 28.7 Å². The third-order valence-corrected chi connectivity index (χ3v) is 12.7. The quantitative estimate of drug-likeness (QED) is 0.0751. The fourth-order valence-corrected chi connectivity index (χ4v) is 8.79. The number of amides is 5. The summed E-state index contributed by atoms with van der Waals surface area (Å²) in [6, 6.07) is 28.1. The molecule has 0 saturated carbocycles. The Bertz CT molecular complexity index is 2830. The van der Waals surface area contributed by atoms with E-state index in [-0.39, 0.29) is 35.9 Å². The van der Waals surface area contributed by atoms with Gasteiger partial charge in [-0.2, -0.15) is 10.4 Å². The molecule has 7 rings (SSSR count). The third kappa shape index (κ3) is 12.2. The highest BCUT2D eigenvalue weighted by atomic mass is 35.5. The lowest BCUT2D eigenvalue weighted by Gasteiger charge is -2.35. The van der Waals surface area contributed by atoms with Crippen LogP contribution in [0.4, 0.5) is 0 Å².